The number of furan rings is 1. The first-order chi connectivity index (χ1) is 7.90. The summed E-state index contributed by atoms with van der Waals surface area (Å²) >= 11 is 0. The van der Waals surface area contributed by atoms with Gasteiger partial charge in [-0.05, 0) is 31.4 Å². The first-order valence-corrected chi connectivity index (χ1v) is 5.57. The topological polar surface area (TPSA) is 39.2 Å². The van der Waals surface area contributed by atoms with E-state index in [0.29, 0.717) is 0 Å². The first kappa shape index (κ1) is 10.8. The molecule has 1 heterocycles. The zero-order chi connectivity index (χ0) is 11.2. The lowest BCUT2D eigenvalue weighted by Crippen LogP contribution is -1.96. The SMILES string of the molecule is NCCCCC#Cc1cc2ccccc2o1. The molecule has 0 spiro atoms. The highest BCUT2D eigenvalue weighted by Crippen LogP contribution is 2.17. The lowest BCUT2D eigenvalue weighted by molar-refractivity contribution is 0.601. The van der Waals surface area contributed by atoms with E-state index in [1.807, 2.05) is 30.3 Å². The maximum atomic E-state index is 5.58. The van der Waals surface area contributed by atoms with Gasteiger partial charge in [-0.25, -0.2) is 0 Å². The summed E-state index contributed by atoms with van der Waals surface area (Å²) in [6.45, 7) is 0.742. The lowest BCUT2D eigenvalue weighted by Gasteiger charge is -1.88. The molecule has 82 valence electrons. The molecule has 0 atom stereocenters. The van der Waals surface area contributed by atoms with Gasteiger partial charge < -0.3 is 10.2 Å². The average molecular weight is 213 g/mol. The van der Waals surface area contributed by atoms with Crippen molar-refractivity contribution in [1.29, 1.82) is 0 Å². The van der Waals surface area contributed by atoms with Crippen molar-refractivity contribution in [2.75, 3.05) is 6.54 Å². The monoisotopic (exact) mass is 213 g/mol. The molecule has 0 aliphatic carbocycles. The second-order valence-electron chi connectivity index (χ2n) is 3.70. The molecule has 0 aliphatic heterocycles. The zero-order valence-corrected chi connectivity index (χ0v) is 9.20. The number of nitrogens with two attached hydrogens (primary N) is 1. The van der Waals surface area contributed by atoms with Crippen LogP contribution in [0.3, 0.4) is 0 Å². The summed E-state index contributed by atoms with van der Waals surface area (Å²) in [5.74, 6) is 6.88. The Kier molecular flexibility index (Phi) is 3.63. The molecule has 2 rings (SSSR count). The van der Waals surface area contributed by atoms with Crippen LogP contribution in [0, 0.1) is 11.8 Å². The third-order valence-corrected chi connectivity index (χ3v) is 2.39. The Morgan fingerprint density at radius 2 is 2.06 bits per heavy atom. The van der Waals surface area contributed by atoms with Gasteiger partial charge in [0, 0.05) is 17.9 Å². The van der Waals surface area contributed by atoms with Crippen LogP contribution in [0.4, 0.5) is 0 Å². The van der Waals surface area contributed by atoms with Crippen molar-refractivity contribution in [1.82, 2.24) is 0 Å². The molecule has 2 aromatic rings. The molecular formula is C14H15NO. The van der Waals surface area contributed by atoms with Crippen LogP contribution in [0.25, 0.3) is 11.0 Å². The molecule has 0 radical (unpaired) electrons. The highest BCUT2D eigenvalue weighted by Gasteiger charge is 1.98. The maximum Gasteiger partial charge on any atom is 0.178 e. The first-order valence-electron chi connectivity index (χ1n) is 5.57. The summed E-state index contributed by atoms with van der Waals surface area (Å²) in [5, 5.41) is 1.11. The van der Waals surface area contributed by atoms with Gasteiger partial charge in [0.25, 0.3) is 0 Å². The fourth-order valence-electron chi connectivity index (χ4n) is 1.55. The second-order valence-corrected chi connectivity index (χ2v) is 3.70. The van der Waals surface area contributed by atoms with Gasteiger partial charge in [0.15, 0.2) is 5.76 Å². The quantitative estimate of drug-likeness (QED) is 0.629. The van der Waals surface area contributed by atoms with Crippen LogP contribution in [0.2, 0.25) is 0 Å². The summed E-state index contributed by atoms with van der Waals surface area (Å²) in [5.41, 5.74) is 6.30. The smallest absolute Gasteiger partial charge is 0.178 e. The molecule has 0 saturated heterocycles. The van der Waals surface area contributed by atoms with E-state index in [4.69, 9.17) is 10.2 Å². The molecule has 1 aromatic carbocycles. The molecule has 2 N–H and O–H groups in total. The number of hydrogen-bond donors (Lipinski definition) is 1. The Labute approximate surface area is 95.4 Å². The summed E-state index contributed by atoms with van der Waals surface area (Å²) < 4.78 is 5.58. The molecular weight excluding hydrogens is 198 g/mol. The molecule has 0 fully saturated rings. The molecule has 2 nitrogen and oxygen atoms in total. The number of hydrogen-bond acceptors (Lipinski definition) is 2. The summed E-state index contributed by atoms with van der Waals surface area (Å²) in [4.78, 5) is 0. The van der Waals surface area contributed by atoms with Crippen LogP contribution in [-0.2, 0) is 0 Å². The van der Waals surface area contributed by atoms with Crippen LogP contribution < -0.4 is 5.73 Å². The average Bonchev–Trinajstić information content (AvgIpc) is 2.71. The number of rotatable bonds is 3. The van der Waals surface area contributed by atoms with Gasteiger partial charge in [-0.2, -0.15) is 0 Å². The van der Waals surface area contributed by atoms with Crippen molar-refractivity contribution in [3.63, 3.8) is 0 Å². The molecule has 0 aliphatic rings. The van der Waals surface area contributed by atoms with Crippen molar-refractivity contribution < 1.29 is 4.42 Å². The van der Waals surface area contributed by atoms with Crippen LogP contribution in [0.1, 0.15) is 25.0 Å². The van der Waals surface area contributed by atoms with Gasteiger partial charge in [0.1, 0.15) is 5.58 Å². The number of para-hydroxylation sites is 1. The van der Waals surface area contributed by atoms with E-state index >= 15 is 0 Å². The van der Waals surface area contributed by atoms with Crippen LogP contribution in [0.15, 0.2) is 34.7 Å². The summed E-state index contributed by atoms with van der Waals surface area (Å²) in [6.07, 6.45) is 2.98. The molecule has 0 saturated carbocycles. The van der Waals surface area contributed by atoms with E-state index in [1.54, 1.807) is 0 Å². The van der Waals surface area contributed by atoms with E-state index in [2.05, 4.69) is 11.8 Å². The predicted octanol–water partition coefficient (Wildman–Crippen LogP) is 2.91. The summed E-state index contributed by atoms with van der Waals surface area (Å²) in [6, 6.07) is 9.92. The van der Waals surface area contributed by atoms with Gasteiger partial charge in [-0.1, -0.05) is 24.1 Å². The van der Waals surface area contributed by atoms with E-state index in [9.17, 15) is 0 Å². The van der Waals surface area contributed by atoms with E-state index in [1.165, 1.54) is 0 Å². The minimum atomic E-state index is 0.742. The minimum Gasteiger partial charge on any atom is -0.448 e. The van der Waals surface area contributed by atoms with E-state index < -0.39 is 0 Å². The van der Waals surface area contributed by atoms with Gasteiger partial charge in [0.05, 0.1) is 0 Å². The highest BCUT2D eigenvalue weighted by atomic mass is 16.3. The molecule has 0 unspecified atom stereocenters. The van der Waals surface area contributed by atoms with Gasteiger partial charge in [-0.3, -0.25) is 0 Å². The fourth-order valence-corrected chi connectivity index (χ4v) is 1.55. The van der Waals surface area contributed by atoms with Crippen LogP contribution in [0.5, 0.6) is 0 Å². The third-order valence-electron chi connectivity index (χ3n) is 2.39. The van der Waals surface area contributed by atoms with Crippen molar-refractivity contribution >= 4 is 11.0 Å². The van der Waals surface area contributed by atoms with Crippen molar-refractivity contribution in [2.24, 2.45) is 5.73 Å². The number of benzene rings is 1. The molecule has 16 heavy (non-hydrogen) atoms. The maximum absolute atomic E-state index is 5.58. The van der Waals surface area contributed by atoms with Gasteiger partial charge in [0.2, 0.25) is 0 Å². The standard InChI is InChI=1S/C14H15NO/c15-10-6-2-1-3-8-13-11-12-7-4-5-9-14(12)16-13/h4-5,7,9,11H,1-2,6,10,15H2. The number of fused-ring (bicyclic) bond motifs is 1. The van der Waals surface area contributed by atoms with Crippen LogP contribution >= 0.6 is 0 Å². The molecule has 0 bridgehead atoms. The highest BCUT2D eigenvalue weighted by molar-refractivity contribution is 5.78. The Bertz CT molecular complexity index is 483. The van der Waals surface area contributed by atoms with Crippen LogP contribution in [-0.4, -0.2) is 6.54 Å². The summed E-state index contributed by atoms with van der Waals surface area (Å²) in [7, 11) is 0. The Hall–Kier alpha value is -1.72. The Morgan fingerprint density at radius 3 is 2.88 bits per heavy atom. The molecule has 1 aromatic heterocycles. The molecule has 0 amide bonds. The normalized spacial score (nSPS) is 10.1. The zero-order valence-electron chi connectivity index (χ0n) is 9.20. The largest absolute Gasteiger partial charge is 0.448 e. The number of unbranched alkanes of at least 4 members (excludes halogenated alkanes) is 2. The van der Waals surface area contributed by atoms with E-state index in [0.717, 1.165) is 42.5 Å². The lowest BCUT2D eigenvalue weighted by atomic mass is 10.2. The minimum absolute atomic E-state index is 0.742. The molecule has 2 heteroatoms. The van der Waals surface area contributed by atoms with Crippen molar-refractivity contribution in [3.05, 3.63) is 36.1 Å². The fraction of sp³-hybridized carbons (Fsp3) is 0.286. The third kappa shape index (κ3) is 2.65. The predicted molar refractivity (Wildman–Crippen MR) is 66.0 cm³/mol. The van der Waals surface area contributed by atoms with Gasteiger partial charge >= 0.3 is 0 Å². The van der Waals surface area contributed by atoms with Crippen molar-refractivity contribution in [3.8, 4) is 11.8 Å². The van der Waals surface area contributed by atoms with Gasteiger partial charge in [-0.15, -0.1) is 0 Å². The van der Waals surface area contributed by atoms with Crippen molar-refractivity contribution in [2.45, 2.75) is 19.3 Å². The Morgan fingerprint density at radius 1 is 1.19 bits per heavy atom. The van der Waals surface area contributed by atoms with E-state index in [-0.39, 0.29) is 0 Å². The second kappa shape index (κ2) is 5.39. The Balaban J connectivity index is 2.04.